The zero-order valence-electron chi connectivity index (χ0n) is 12.6. The normalized spacial score (nSPS) is 14.1. The summed E-state index contributed by atoms with van der Waals surface area (Å²) in [4.78, 5) is 2.14. The summed E-state index contributed by atoms with van der Waals surface area (Å²) in [6, 6.07) is 17.1. The smallest absolute Gasteiger partial charge is 0.115 e. The van der Waals surface area contributed by atoms with E-state index in [4.69, 9.17) is 0 Å². The number of nitrogens with zero attached hydrogens (tertiary/aromatic N) is 1. The highest BCUT2D eigenvalue weighted by Gasteiger charge is 2.19. The lowest BCUT2D eigenvalue weighted by Gasteiger charge is -2.29. The molecule has 2 aromatic rings. The number of likely N-dealkylation sites (N-methyl/N-ethyl adjacent to an activating group) is 1. The van der Waals surface area contributed by atoms with Crippen molar-refractivity contribution in [3.8, 4) is 5.75 Å². The molecule has 112 valence electrons. The molecule has 0 fully saturated rings. The van der Waals surface area contributed by atoms with Gasteiger partial charge in [0.2, 0.25) is 0 Å². The van der Waals surface area contributed by atoms with E-state index < -0.39 is 6.10 Å². The summed E-state index contributed by atoms with van der Waals surface area (Å²) >= 11 is 0. The molecule has 0 aromatic heterocycles. The number of rotatable bonds is 6. The third-order valence-corrected chi connectivity index (χ3v) is 3.96. The summed E-state index contributed by atoms with van der Waals surface area (Å²) in [5.74, 6) is 0.299. The van der Waals surface area contributed by atoms with Crippen molar-refractivity contribution < 1.29 is 10.2 Å². The van der Waals surface area contributed by atoms with Crippen LogP contribution in [0.1, 0.15) is 24.2 Å². The van der Waals surface area contributed by atoms with Crippen LogP contribution < -0.4 is 0 Å². The third-order valence-electron chi connectivity index (χ3n) is 3.96. The zero-order valence-corrected chi connectivity index (χ0v) is 12.6. The molecular formula is C18H23NO2. The minimum Gasteiger partial charge on any atom is -0.508 e. The Morgan fingerprint density at radius 2 is 1.76 bits per heavy atom. The largest absolute Gasteiger partial charge is 0.508 e. The van der Waals surface area contributed by atoms with Crippen molar-refractivity contribution in [1.82, 2.24) is 4.90 Å². The molecule has 0 bridgehead atoms. The maximum atomic E-state index is 10.4. The molecule has 0 radical (unpaired) electrons. The number of hydrogen-bond donors (Lipinski definition) is 2. The molecule has 0 saturated heterocycles. The van der Waals surface area contributed by atoms with Crippen molar-refractivity contribution in [2.45, 2.75) is 25.5 Å². The molecule has 21 heavy (non-hydrogen) atoms. The fourth-order valence-electron chi connectivity index (χ4n) is 2.39. The van der Waals surface area contributed by atoms with Crippen molar-refractivity contribution in [1.29, 1.82) is 0 Å². The van der Waals surface area contributed by atoms with Crippen LogP contribution in [0.2, 0.25) is 0 Å². The second-order valence-corrected chi connectivity index (χ2v) is 5.50. The van der Waals surface area contributed by atoms with Gasteiger partial charge in [0.05, 0.1) is 6.10 Å². The summed E-state index contributed by atoms with van der Waals surface area (Å²) in [6.45, 7) is 2.86. The summed E-state index contributed by atoms with van der Waals surface area (Å²) in [5.41, 5.74) is 2.04. The minimum absolute atomic E-state index is 0.0321. The lowest BCUT2D eigenvalue weighted by atomic mass is 10.0. The first kappa shape index (κ1) is 15.5. The molecule has 0 spiro atoms. The summed E-state index contributed by atoms with van der Waals surface area (Å²) in [7, 11) is 2.01. The molecule has 2 aromatic carbocycles. The predicted octanol–water partition coefficient (Wildman–Crippen LogP) is 2.99. The van der Waals surface area contributed by atoms with E-state index in [1.807, 2.05) is 56.4 Å². The van der Waals surface area contributed by atoms with E-state index in [1.165, 1.54) is 0 Å². The maximum Gasteiger partial charge on any atom is 0.115 e. The van der Waals surface area contributed by atoms with Gasteiger partial charge in [0.25, 0.3) is 0 Å². The molecule has 0 amide bonds. The lowest BCUT2D eigenvalue weighted by molar-refractivity contribution is 0.0732. The first-order valence-corrected chi connectivity index (χ1v) is 7.29. The Hall–Kier alpha value is -1.84. The van der Waals surface area contributed by atoms with Crippen LogP contribution in [0.3, 0.4) is 0 Å². The van der Waals surface area contributed by atoms with Gasteiger partial charge in [-0.3, -0.25) is 0 Å². The number of benzene rings is 2. The van der Waals surface area contributed by atoms with Gasteiger partial charge >= 0.3 is 0 Å². The summed E-state index contributed by atoms with van der Waals surface area (Å²) in [5, 5.41) is 19.9. The molecule has 0 aliphatic rings. The van der Waals surface area contributed by atoms with E-state index in [2.05, 4.69) is 4.90 Å². The molecule has 3 nitrogen and oxygen atoms in total. The van der Waals surface area contributed by atoms with Crippen LogP contribution in [-0.2, 0) is 6.42 Å². The predicted molar refractivity (Wildman–Crippen MR) is 85.3 cm³/mol. The van der Waals surface area contributed by atoms with E-state index in [9.17, 15) is 10.2 Å². The molecule has 0 saturated carbocycles. The highest BCUT2D eigenvalue weighted by molar-refractivity contribution is 5.27. The average molecular weight is 285 g/mol. The van der Waals surface area contributed by atoms with Crippen LogP contribution in [-0.4, -0.2) is 34.7 Å². The quantitative estimate of drug-likeness (QED) is 0.857. The van der Waals surface area contributed by atoms with Gasteiger partial charge < -0.3 is 15.1 Å². The Kier molecular flexibility index (Phi) is 5.37. The van der Waals surface area contributed by atoms with Gasteiger partial charge in [0.1, 0.15) is 5.75 Å². The van der Waals surface area contributed by atoms with Crippen LogP contribution in [0, 0.1) is 0 Å². The van der Waals surface area contributed by atoms with Gasteiger partial charge in [0.15, 0.2) is 0 Å². The second kappa shape index (κ2) is 7.25. The number of aliphatic hydroxyl groups is 1. The number of aliphatic hydroxyl groups excluding tert-OH is 1. The number of hydrogen-bond acceptors (Lipinski definition) is 3. The van der Waals surface area contributed by atoms with E-state index in [0.29, 0.717) is 5.75 Å². The first-order valence-electron chi connectivity index (χ1n) is 7.29. The molecule has 0 aliphatic carbocycles. The van der Waals surface area contributed by atoms with Crippen molar-refractivity contribution >= 4 is 0 Å². The van der Waals surface area contributed by atoms with E-state index in [0.717, 1.165) is 24.1 Å². The van der Waals surface area contributed by atoms with Crippen LogP contribution in [0.5, 0.6) is 5.75 Å². The Bertz CT molecular complexity index is 556. The Balaban J connectivity index is 1.92. The average Bonchev–Trinajstić information content (AvgIpc) is 2.52. The molecular weight excluding hydrogens is 262 g/mol. The zero-order chi connectivity index (χ0) is 15.2. The third kappa shape index (κ3) is 4.31. The summed E-state index contributed by atoms with van der Waals surface area (Å²) in [6.07, 6.45) is 0.344. The minimum atomic E-state index is -0.500. The van der Waals surface area contributed by atoms with Crippen LogP contribution in [0.4, 0.5) is 0 Å². The number of phenols is 1. The second-order valence-electron chi connectivity index (χ2n) is 5.50. The van der Waals surface area contributed by atoms with Gasteiger partial charge in [-0.15, -0.1) is 0 Å². The standard InChI is InChI=1S/C18H23NO2/c1-14(18(21)16-8-4-3-5-9-16)19(2)12-11-15-7-6-10-17(20)13-15/h3-10,13-14,18,20-21H,11-12H2,1-2H3. The Morgan fingerprint density at radius 3 is 2.43 bits per heavy atom. The van der Waals surface area contributed by atoms with E-state index >= 15 is 0 Å². The number of aromatic hydroxyl groups is 1. The Labute approximate surface area is 126 Å². The topological polar surface area (TPSA) is 43.7 Å². The van der Waals surface area contributed by atoms with Gasteiger partial charge in [-0.1, -0.05) is 42.5 Å². The highest BCUT2D eigenvalue weighted by Crippen LogP contribution is 2.20. The first-order chi connectivity index (χ1) is 10.1. The monoisotopic (exact) mass is 285 g/mol. The van der Waals surface area contributed by atoms with Gasteiger partial charge in [-0.2, -0.15) is 0 Å². The van der Waals surface area contributed by atoms with Gasteiger partial charge in [-0.05, 0) is 43.7 Å². The van der Waals surface area contributed by atoms with Crippen molar-refractivity contribution in [3.63, 3.8) is 0 Å². The van der Waals surface area contributed by atoms with Crippen molar-refractivity contribution in [3.05, 3.63) is 65.7 Å². The number of phenolic OH excluding ortho intramolecular Hbond substituents is 1. The molecule has 2 rings (SSSR count). The van der Waals surface area contributed by atoms with Crippen LogP contribution in [0.15, 0.2) is 54.6 Å². The molecule has 2 unspecified atom stereocenters. The molecule has 0 aliphatic heterocycles. The lowest BCUT2D eigenvalue weighted by Crippen LogP contribution is -2.35. The molecule has 0 heterocycles. The Morgan fingerprint density at radius 1 is 1.05 bits per heavy atom. The van der Waals surface area contributed by atoms with Gasteiger partial charge in [-0.25, -0.2) is 0 Å². The van der Waals surface area contributed by atoms with Gasteiger partial charge in [0, 0.05) is 12.6 Å². The van der Waals surface area contributed by atoms with E-state index in [1.54, 1.807) is 12.1 Å². The molecule has 3 heteroatoms. The maximum absolute atomic E-state index is 10.4. The van der Waals surface area contributed by atoms with Crippen LogP contribution >= 0.6 is 0 Å². The van der Waals surface area contributed by atoms with Crippen LogP contribution in [0.25, 0.3) is 0 Å². The molecule has 2 N–H and O–H groups in total. The van der Waals surface area contributed by atoms with E-state index in [-0.39, 0.29) is 6.04 Å². The fourth-order valence-corrected chi connectivity index (χ4v) is 2.39. The summed E-state index contributed by atoms with van der Waals surface area (Å²) < 4.78 is 0. The highest BCUT2D eigenvalue weighted by atomic mass is 16.3. The fraction of sp³-hybridized carbons (Fsp3) is 0.333. The SMILES string of the molecule is CC(C(O)c1ccccc1)N(C)CCc1cccc(O)c1. The van der Waals surface area contributed by atoms with Crippen molar-refractivity contribution in [2.24, 2.45) is 0 Å². The molecule has 2 atom stereocenters. The van der Waals surface area contributed by atoms with Crippen molar-refractivity contribution in [2.75, 3.05) is 13.6 Å².